The molecule has 0 amide bonds. The average Bonchev–Trinajstić information content (AvgIpc) is 2.76. The summed E-state index contributed by atoms with van der Waals surface area (Å²) in [5, 5.41) is 0. The zero-order chi connectivity index (χ0) is 23.9. The van der Waals surface area contributed by atoms with Crippen LogP contribution in [0.25, 0.3) is 0 Å². The number of esters is 2. The summed E-state index contributed by atoms with van der Waals surface area (Å²) in [6, 6.07) is 0. The van der Waals surface area contributed by atoms with Gasteiger partial charge in [-0.3, -0.25) is 0 Å². The molecule has 8 bridgehead atoms. The van der Waals surface area contributed by atoms with Crippen LogP contribution in [-0.2, 0) is 23.8 Å². The van der Waals surface area contributed by atoms with Crippen molar-refractivity contribution >= 4 is 11.9 Å². The van der Waals surface area contributed by atoms with Gasteiger partial charge in [-0.2, -0.15) is 8.78 Å². The van der Waals surface area contributed by atoms with Gasteiger partial charge in [-0.1, -0.05) is 6.92 Å². The number of alkyl halides is 2. The van der Waals surface area contributed by atoms with Crippen LogP contribution in [0.5, 0.6) is 0 Å². The predicted octanol–water partition coefficient (Wildman–Crippen LogP) is 5.30. The van der Waals surface area contributed by atoms with Gasteiger partial charge in [-0.15, -0.1) is 0 Å². The zero-order valence-corrected chi connectivity index (χ0v) is 20.4. The van der Waals surface area contributed by atoms with E-state index in [1.165, 1.54) is 32.1 Å². The highest BCUT2D eigenvalue weighted by Crippen LogP contribution is 2.61. The fraction of sp³-hybridized carbons (Fsp3) is 0.926. The van der Waals surface area contributed by atoms with Crippen molar-refractivity contribution in [1.82, 2.24) is 0 Å². The summed E-state index contributed by atoms with van der Waals surface area (Å²) in [5.41, 5.74) is -0.739. The molecule has 8 aliphatic rings. The Kier molecular flexibility index (Phi) is 5.37. The molecule has 0 aromatic rings. The van der Waals surface area contributed by atoms with Crippen LogP contribution in [0.4, 0.5) is 8.78 Å². The third-order valence-electron chi connectivity index (χ3n) is 10.6. The van der Waals surface area contributed by atoms with E-state index in [4.69, 9.17) is 14.2 Å². The van der Waals surface area contributed by atoms with Crippen LogP contribution in [0.1, 0.15) is 84.5 Å². The lowest BCUT2D eigenvalue weighted by Gasteiger charge is -2.60. The van der Waals surface area contributed by atoms with Gasteiger partial charge in [0.15, 0.2) is 0 Å². The highest BCUT2D eigenvalue weighted by Gasteiger charge is 2.60. The highest BCUT2D eigenvalue weighted by molar-refractivity contribution is 5.77. The molecule has 0 heterocycles. The van der Waals surface area contributed by atoms with Crippen molar-refractivity contribution in [2.45, 2.75) is 108 Å². The highest BCUT2D eigenvalue weighted by atomic mass is 19.3. The molecule has 8 saturated carbocycles. The fourth-order valence-electron chi connectivity index (χ4n) is 9.75. The molecular formula is C27H38F2O5. The maximum atomic E-state index is 13.4. The molecule has 8 rings (SSSR count). The van der Waals surface area contributed by atoms with Crippen LogP contribution in [0.2, 0.25) is 0 Å². The standard InChI is InChI=1S/C27H38F2O5/c1-3-27(20-7-15-4-16(9-20)10-21(27)8-15)34-22(30)14-32-26-11-17-5-18(12-26)23(19(6-17)13-26)33-24(31)25(2,28)29/h15-21,23H,3-14H2,1-2H3. The van der Waals surface area contributed by atoms with E-state index in [1.807, 2.05) is 0 Å². The molecule has 0 saturated heterocycles. The Hall–Kier alpha value is -1.24. The summed E-state index contributed by atoms with van der Waals surface area (Å²) >= 11 is 0. The Morgan fingerprint density at radius 3 is 2.00 bits per heavy atom. The molecule has 0 radical (unpaired) electrons. The first-order valence-corrected chi connectivity index (χ1v) is 13.5. The van der Waals surface area contributed by atoms with Gasteiger partial charge < -0.3 is 14.2 Å². The first-order valence-electron chi connectivity index (χ1n) is 13.5. The first kappa shape index (κ1) is 23.2. The van der Waals surface area contributed by atoms with E-state index in [1.54, 1.807) is 0 Å². The second-order valence-corrected chi connectivity index (χ2v) is 12.8. The summed E-state index contributed by atoms with van der Waals surface area (Å²) in [6.07, 6.45) is 10.5. The van der Waals surface area contributed by atoms with Crippen molar-refractivity contribution in [1.29, 1.82) is 0 Å². The number of carbonyl (C=O) groups excluding carboxylic acids is 2. The molecule has 7 heteroatoms. The van der Waals surface area contributed by atoms with E-state index in [0.717, 1.165) is 37.5 Å². The minimum Gasteiger partial charge on any atom is -0.457 e. The van der Waals surface area contributed by atoms with Crippen molar-refractivity contribution in [3.63, 3.8) is 0 Å². The van der Waals surface area contributed by atoms with Crippen LogP contribution < -0.4 is 0 Å². The van der Waals surface area contributed by atoms with Crippen molar-refractivity contribution in [2.75, 3.05) is 6.61 Å². The van der Waals surface area contributed by atoms with Crippen LogP contribution >= 0.6 is 0 Å². The number of rotatable bonds is 7. The predicted molar refractivity (Wildman–Crippen MR) is 119 cm³/mol. The number of ether oxygens (including phenoxy) is 3. The Morgan fingerprint density at radius 2 is 1.47 bits per heavy atom. The molecule has 0 aromatic heterocycles. The Bertz CT molecular complexity index is 806. The van der Waals surface area contributed by atoms with Gasteiger partial charge >= 0.3 is 17.9 Å². The maximum Gasteiger partial charge on any atom is 0.376 e. The quantitative estimate of drug-likeness (QED) is 0.463. The van der Waals surface area contributed by atoms with Crippen LogP contribution in [0, 0.1) is 41.4 Å². The minimum atomic E-state index is -3.47. The van der Waals surface area contributed by atoms with Crippen LogP contribution in [0.3, 0.4) is 0 Å². The monoisotopic (exact) mass is 480 g/mol. The molecule has 2 unspecified atom stereocenters. The Labute approximate surface area is 200 Å². The lowest BCUT2D eigenvalue weighted by atomic mass is 9.49. The lowest BCUT2D eigenvalue weighted by Crippen LogP contribution is -2.60. The van der Waals surface area contributed by atoms with Gasteiger partial charge in [0.2, 0.25) is 0 Å². The topological polar surface area (TPSA) is 61.8 Å². The van der Waals surface area contributed by atoms with Gasteiger partial charge in [0, 0.05) is 6.92 Å². The minimum absolute atomic E-state index is 0.0278. The number of hydrogen-bond acceptors (Lipinski definition) is 5. The SMILES string of the molecule is CCC1(OC(=O)COC23CC4CC(C2)C(OC(=O)C(C)(F)F)C(C4)C3)C2CC3CC(C2)CC1C3. The largest absolute Gasteiger partial charge is 0.457 e. The molecular weight excluding hydrogens is 442 g/mol. The number of halogens is 2. The molecule has 0 N–H and O–H groups in total. The van der Waals surface area contributed by atoms with Crippen LogP contribution in [0.15, 0.2) is 0 Å². The van der Waals surface area contributed by atoms with E-state index >= 15 is 0 Å². The summed E-state index contributed by atoms with van der Waals surface area (Å²) < 4.78 is 44.8. The van der Waals surface area contributed by atoms with Crippen molar-refractivity contribution in [3.8, 4) is 0 Å². The number of carbonyl (C=O) groups is 2. The van der Waals surface area contributed by atoms with Gasteiger partial charge in [-0.25, -0.2) is 9.59 Å². The third kappa shape index (κ3) is 3.70. The molecule has 190 valence electrons. The summed E-state index contributed by atoms with van der Waals surface area (Å²) in [5.74, 6) is -2.04. The van der Waals surface area contributed by atoms with Gasteiger partial charge in [-0.05, 0) is 112 Å². The fourth-order valence-corrected chi connectivity index (χ4v) is 9.75. The van der Waals surface area contributed by atoms with E-state index in [9.17, 15) is 18.4 Å². The van der Waals surface area contributed by atoms with E-state index < -0.39 is 23.6 Å². The van der Waals surface area contributed by atoms with Crippen molar-refractivity contribution in [2.24, 2.45) is 41.4 Å². The Balaban J connectivity index is 1.09. The molecule has 8 fully saturated rings. The summed E-state index contributed by atoms with van der Waals surface area (Å²) in [7, 11) is 0. The molecule has 0 aromatic carbocycles. The second-order valence-electron chi connectivity index (χ2n) is 12.8. The molecule has 5 nitrogen and oxygen atoms in total. The van der Waals surface area contributed by atoms with Gasteiger partial charge in [0.25, 0.3) is 0 Å². The van der Waals surface area contributed by atoms with Crippen molar-refractivity contribution in [3.05, 3.63) is 0 Å². The van der Waals surface area contributed by atoms with Gasteiger partial charge in [0.1, 0.15) is 18.3 Å². The smallest absolute Gasteiger partial charge is 0.376 e. The lowest BCUT2D eigenvalue weighted by molar-refractivity contribution is -0.235. The molecule has 0 aliphatic heterocycles. The van der Waals surface area contributed by atoms with Crippen molar-refractivity contribution < 1.29 is 32.6 Å². The molecule has 8 aliphatic carbocycles. The second kappa shape index (κ2) is 7.88. The van der Waals surface area contributed by atoms with Gasteiger partial charge in [0.05, 0.1) is 5.60 Å². The van der Waals surface area contributed by atoms with E-state index in [0.29, 0.717) is 37.5 Å². The first-order chi connectivity index (χ1) is 16.1. The normalized spacial score (nSPS) is 48.2. The molecule has 34 heavy (non-hydrogen) atoms. The molecule has 2 atom stereocenters. The zero-order valence-electron chi connectivity index (χ0n) is 20.4. The average molecular weight is 481 g/mol. The van der Waals surface area contributed by atoms with E-state index in [-0.39, 0.29) is 30.0 Å². The number of hydrogen-bond donors (Lipinski definition) is 0. The van der Waals surface area contributed by atoms with E-state index in [2.05, 4.69) is 6.92 Å². The third-order valence-corrected chi connectivity index (χ3v) is 10.6. The van der Waals surface area contributed by atoms with Crippen LogP contribution in [-0.4, -0.2) is 41.8 Å². The molecule has 0 spiro atoms. The summed E-state index contributed by atoms with van der Waals surface area (Å²) in [6.45, 7) is 2.71. The maximum absolute atomic E-state index is 13.4. The Morgan fingerprint density at radius 1 is 0.882 bits per heavy atom. The summed E-state index contributed by atoms with van der Waals surface area (Å²) in [4.78, 5) is 25.0.